The quantitative estimate of drug-likeness (QED) is 0.137. The highest BCUT2D eigenvalue weighted by atomic mass is 32.1. The molecule has 15 heteroatoms. The van der Waals surface area contributed by atoms with Gasteiger partial charge in [0.1, 0.15) is 22.7 Å². The number of hydrogen-bond donors (Lipinski definition) is 1. The lowest BCUT2D eigenvalue weighted by molar-refractivity contribution is -0.384. The average molecular weight is 668 g/mol. The van der Waals surface area contributed by atoms with Crippen molar-refractivity contribution in [3.8, 4) is 16.3 Å². The maximum atomic E-state index is 14.9. The molecule has 1 aliphatic rings. The van der Waals surface area contributed by atoms with Crippen LogP contribution in [0, 0.1) is 21.7 Å². The number of pyridine rings is 1. The van der Waals surface area contributed by atoms with E-state index in [1.807, 2.05) is 0 Å². The first-order chi connectivity index (χ1) is 22.5. The Morgan fingerprint density at radius 3 is 2.32 bits per heavy atom. The van der Waals surface area contributed by atoms with E-state index < -0.39 is 40.7 Å². The van der Waals surface area contributed by atoms with E-state index in [1.54, 1.807) is 38.1 Å². The molecule has 0 atom stereocenters. The Balaban J connectivity index is 1.64. The summed E-state index contributed by atoms with van der Waals surface area (Å²) in [6.07, 6.45) is 0.385. The summed E-state index contributed by atoms with van der Waals surface area (Å²) in [5, 5.41) is 14.2. The van der Waals surface area contributed by atoms with Gasteiger partial charge in [-0.3, -0.25) is 19.8 Å². The van der Waals surface area contributed by atoms with E-state index in [-0.39, 0.29) is 35.5 Å². The molecule has 0 spiro atoms. The Bertz CT molecular complexity index is 1740. The maximum absolute atomic E-state index is 14.9. The van der Waals surface area contributed by atoms with E-state index in [0.717, 1.165) is 28.4 Å². The Morgan fingerprint density at radius 1 is 1.06 bits per heavy atom. The fourth-order valence-electron chi connectivity index (χ4n) is 4.74. The standard InChI is InChI=1S/C32H31F2N5O7S/c1-4-45-32(41)38(16-23-25(33)6-5-7-26(23)34)31-28(30(40)36-20-10-13-27(35-14-20)46-22-17-44-18-22)24(15-37(2)3)29(47-31)19-8-11-21(12-9-19)39(42)43/h5-14,22H,4,15-18H2,1-3H3,(H,36,40). The number of anilines is 2. The van der Waals surface area contributed by atoms with Crippen LogP contribution in [0.15, 0.2) is 60.8 Å². The number of hydrogen-bond acceptors (Lipinski definition) is 10. The number of nitro groups is 1. The maximum Gasteiger partial charge on any atom is 0.415 e. The molecule has 1 N–H and O–H groups in total. The van der Waals surface area contributed by atoms with Gasteiger partial charge in [-0.1, -0.05) is 6.07 Å². The van der Waals surface area contributed by atoms with Crippen LogP contribution >= 0.6 is 11.3 Å². The first kappa shape index (κ1) is 33.4. The Hall–Kier alpha value is -4.99. The van der Waals surface area contributed by atoms with Crippen LogP contribution in [0.3, 0.4) is 0 Å². The molecule has 2 aromatic carbocycles. The fraction of sp³-hybridized carbons (Fsp3) is 0.281. The number of carbonyl (C=O) groups excluding carboxylic acids is 2. The molecular weight excluding hydrogens is 636 g/mol. The number of benzene rings is 2. The van der Waals surface area contributed by atoms with Crippen molar-refractivity contribution in [2.45, 2.75) is 26.1 Å². The van der Waals surface area contributed by atoms with E-state index in [2.05, 4.69) is 10.3 Å². The number of nitrogens with zero attached hydrogens (tertiary/aromatic N) is 4. The second-order valence-corrected chi connectivity index (χ2v) is 11.7. The number of nitrogens with one attached hydrogen (secondary N) is 1. The summed E-state index contributed by atoms with van der Waals surface area (Å²) in [5.41, 5.74) is 0.839. The molecule has 3 heterocycles. The number of non-ortho nitro benzene ring substituents is 1. The summed E-state index contributed by atoms with van der Waals surface area (Å²) in [5.74, 6) is -2.05. The highest BCUT2D eigenvalue weighted by molar-refractivity contribution is 7.20. The Kier molecular flexibility index (Phi) is 10.4. The molecule has 0 aliphatic carbocycles. The van der Waals surface area contributed by atoms with Gasteiger partial charge in [-0.15, -0.1) is 11.3 Å². The van der Waals surface area contributed by atoms with E-state index in [4.69, 9.17) is 14.2 Å². The SMILES string of the molecule is CCOC(=O)N(Cc1c(F)cccc1F)c1sc(-c2ccc([N+](=O)[O-])cc2)c(CN(C)C)c1C(=O)Nc1ccc(OC2COC2)nc1. The number of ether oxygens (including phenoxy) is 3. The minimum absolute atomic E-state index is 0.0468. The van der Waals surface area contributed by atoms with Crippen molar-refractivity contribution in [3.05, 3.63) is 99.2 Å². The second-order valence-electron chi connectivity index (χ2n) is 10.7. The first-order valence-corrected chi connectivity index (χ1v) is 15.3. The van der Waals surface area contributed by atoms with Gasteiger partial charge in [-0.25, -0.2) is 18.6 Å². The van der Waals surface area contributed by atoms with E-state index >= 15 is 0 Å². The summed E-state index contributed by atoms with van der Waals surface area (Å²) in [6, 6.07) is 12.3. The first-order valence-electron chi connectivity index (χ1n) is 14.5. The van der Waals surface area contributed by atoms with Crippen molar-refractivity contribution in [1.82, 2.24) is 9.88 Å². The van der Waals surface area contributed by atoms with Gasteiger partial charge in [0.2, 0.25) is 5.88 Å². The van der Waals surface area contributed by atoms with Crippen LogP contribution in [0.25, 0.3) is 10.4 Å². The molecule has 1 fully saturated rings. The van der Waals surface area contributed by atoms with Crippen LogP contribution in [0.2, 0.25) is 0 Å². The molecular formula is C32H31F2N5O7S. The zero-order chi connectivity index (χ0) is 33.7. The van der Waals surface area contributed by atoms with Gasteiger partial charge < -0.3 is 24.4 Å². The van der Waals surface area contributed by atoms with Crippen molar-refractivity contribution in [2.24, 2.45) is 0 Å². The van der Waals surface area contributed by atoms with Gasteiger partial charge in [0, 0.05) is 35.2 Å². The van der Waals surface area contributed by atoms with Gasteiger partial charge in [-0.2, -0.15) is 0 Å². The van der Waals surface area contributed by atoms with Crippen molar-refractivity contribution >= 4 is 39.7 Å². The van der Waals surface area contributed by atoms with Crippen molar-refractivity contribution in [2.75, 3.05) is 44.1 Å². The number of rotatable bonds is 12. The van der Waals surface area contributed by atoms with E-state index in [0.29, 0.717) is 40.8 Å². The third kappa shape index (κ3) is 7.70. The molecule has 1 aliphatic heterocycles. The molecule has 2 aromatic heterocycles. The number of halogens is 2. The molecule has 47 heavy (non-hydrogen) atoms. The number of thiophene rings is 1. The van der Waals surface area contributed by atoms with Crippen LogP contribution in [-0.4, -0.2) is 66.8 Å². The third-order valence-corrected chi connectivity index (χ3v) is 8.33. The molecule has 0 unspecified atom stereocenters. The highest BCUT2D eigenvalue weighted by Crippen LogP contribution is 2.44. The van der Waals surface area contributed by atoms with E-state index in [1.165, 1.54) is 36.5 Å². The third-order valence-electron chi connectivity index (χ3n) is 7.03. The van der Waals surface area contributed by atoms with Crippen LogP contribution < -0.4 is 15.0 Å². The summed E-state index contributed by atoms with van der Waals surface area (Å²) >= 11 is 1.02. The predicted octanol–water partition coefficient (Wildman–Crippen LogP) is 6.25. The van der Waals surface area contributed by atoms with E-state index in [9.17, 15) is 28.5 Å². The van der Waals surface area contributed by atoms with Crippen LogP contribution in [-0.2, 0) is 22.6 Å². The summed E-state index contributed by atoms with van der Waals surface area (Å²) < 4.78 is 45.9. The second kappa shape index (κ2) is 14.6. The largest absolute Gasteiger partial charge is 0.469 e. The minimum Gasteiger partial charge on any atom is -0.469 e. The number of carbonyl (C=O) groups is 2. The lowest BCUT2D eigenvalue weighted by Gasteiger charge is -2.26. The molecule has 0 radical (unpaired) electrons. The molecule has 5 rings (SSSR count). The normalized spacial score (nSPS) is 12.8. The predicted molar refractivity (Wildman–Crippen MR) is 171 cm³/mol. The van der Waals surface area contributed by atoms with Gasteiger partial charge >= 0.3 is 6.09 Å². The lowest BCUT2D eigenvalue weighted by Crippen LogP contribution is -2.38. The summed E-state index contributed by atoms with van der Waals surface area (Å²) in [4.78, 5) is 46.1. The molecule has 246 valence electrons. The van der Waals surface area contributed by atoms with Gasteiger partial charge in [-0.05, 0) is 62.5 Å². The zero-order valence-electron chi connectivity index (χ0n) is 25.7. The fourth-order valence-corrected chi connectivity index (χ4v) is 6.05. The molecule has 1 saturated heterocycles. The molecule has 4 aromatic rings. The van der Waals surface area contributed by atoms with Gasteiger partial charge in [0.25, 0.3) is 11.6 Å². The lowest BCUT2D eigenvalue weighted by atomic mass is 10.0. The van der Waals surface area contributed by atoms with Crippen molar-refractivity contribution < 1.29 is 37.5 Å². The minimum atomic E-state index is -0.930. The van der Waals surface area contributed by atoms with Crippen molar-refractivity contribution in [3.63, 3.8) is 0 Å². The smallest absolute Gasteiger partial charge is 0.415 e. The van der Waals surface area contributed by atoms with Crippen molar-refractivity contribution in [1.29, 1.82) is 0 Å². The number of amides is 2. The molecule has 12 nitrogen and oxygen atoms in total. The molecule has 2 amide bonds. The van der Waals surface area contributed by atoms with Crippen LogP contribution in [0.1, 0.15) is 28.4 Å². The van der Waals surface area contributed by atoms with Gasteiger partial charge in [0.05, 0.1) is 48.7 Å². The summed E-state index contributed by atoms with van der Waals surface area (Å²) in [7, 11) is 3.57. The van der Waals surface area contributed by atoms with Gasteiger partial charge in [0.15, 0.2) is 0 Å². The topological polar surface area (TPSA) is 136 Å². The summed E-state index contributed by atoms with van der Waals surface area (Å²) in [6.45, 7) is 2.07. The van der Waals surface area contributed by atoms with Crippen LogP contribution in [0.4, 0.5) is 30.0 Å². The Labute approximate surface area is 272 Å². The zero-order valence-corrected chi connectivity index (χ0v) is 26.5. The monoisotopic (exact) mass is 667 g/mol. The Morgan fingerprint density at radius 2 is 1.77 bits per heavy atom. The average Bonchev–Trinajstić information content (AvgIpc) is 3.37. The molecule has 0 saturated carbocycles. The number of nitro benzene ring substituents is 1. The highest BCUT2D eigenvalue weighted by Gasteiger charge is 2.33. The van der Waals surface area contributed by atoms with Crippen LogP contribution in [0.5, 0.6) is 5.88 Å². The molecule has 0 bridgehead atoms. The number of aromatic nitrogens is 1.